The molecule has 1 nitrogen and oxygen atoms in total. The summed E-state index contributed by atoms with van der Waals surface area (Å²) in [5.41, 5.74) is 0.573. The lowest BCUT2D eigenvalue weighted by Crippen LogP contribution is -2.30. The third-order valence-electron chi connectivity index (χ3n) is 2.90. The van der Waals surface area contributed by atoms with E-state index in [1.807, 2.05) is 13.8 Å². The maximum absolute atomic E-state index is 3.64. The van der Waals surface area contributed by atoms with Gasteiger partial charge in [-0.05, 0) is 37.6 Å². The van der Waals surface area contributed by atoms with Gasteiger partial charge in [-0.3, -0.25) is 0 Å². The van der Waals surface area contributed by atoms with Crippen molar-refractivity contribution >= 4 is 0 Å². The van der Waals surface area contributed by atoms with Gasteiger partial charge in [-0.15, -0.1) is 0 Å². The molecule has 0 aliphatic carbocycles. The Hall–Kier alpha value is -0.0400. The van der Waals surface area contributed by atoms with Gasteiger partial charge >= 0.3 is 0 Å². The second-order valence-corrected chi connectivity index (χ2v) is 4.91. The molecular formula is C13H29N. The lowest BCUT2D eigenvalue weighted by atomic mass is 9.82. The van der Waals surface area contributed by atoms with Gasteiger partial charge in [0.05, 0.1) is 0 Å². The van der Waals surface area contributed by atoms with Crippen LogP contribution in [-0.4, -0.2) is 12.6 Å². The normalized spacial score (nSPS) is 25.9. The molecule has 14 heavy (non-hydrogen) atoms. The van der Waals surface area contributed by atoms with Crippen molar-refractivity contribution < 1.29 is 0 Å². The predicted molar refractivity (Wildman–Crippen MR) is 65.7 cm³/mol. The summed E-state index contributed by atoms with van der Waals surface area (Å²) in [7, 11) is 0. The molecule has 0 spiro atoms. The average molecular weight is 199 g/mol. The highest BCUT2D eigenvalue weighted by atomic mass is 14.9. The Labute approximate surface area is 90.7 Å². The van der Waals surface area contributed by atoms with Crippen molar-refractivity contribution in [3.63, 3.8) is 0 Å². The molecule has 0 bridgehead atoms. The van der Waals surface area contributed by atoms with Gasteiger partial charge in [0.1, 0.15) is 0 Å². The van der Waals surface area contributed by atoms with Crippen molar-refractivity contribution in [2.75, 3.05) is 6.54 Å². The first-order valence-corrected chi connectivity index (χ1v) is 6.37. The van der Waals surface area contributed by atoms with Crippen molar-refractivity contribution in [2.24, 2.45) is 5.41 Å². The maximum atomic E-state index is 3.64. The molecule has 0 aromatic carbocycles. The van der Waals surface area contributed by atoms with Crippen molar-refractivity contribution in [2.45, 2.75) is 72.8 Å². The molecule has 0 saturated carbocycles. The summed E-state index contributed by atoms with van der Waals surface area (Å²) >= 11 is 0. The van der Waals surface area contributed by atoms with E-state index >= 15 is 0 Å². The predicted octanol–water partition coefficient (Wildman–Crippen LogP) is 3.98. The van der Waals surface area contributed by atoms with Crippen LogP contribution in [0, 0.1) is 5.41 Å². The first-order valence-electron chi connectivity index (χ1n) is 6.37. The molecule has 1 heteroatoms. The summed E-state index contributed by atoms with van der Waals surface area (Å²) in [6.45, 7) is 12.3. The van der Waals surface area contributed by atoms with Crippen molar-refractivity contribution in [1.29, 1.82) is 0 Å². The fourth-order valence-corrected chi connectivity index (χ4v) is 2.27. The quantitative estimate of drug-likeness (QED) is 0.709. The minimum absolute atomic E-state index is 0.573. The van der Waals surface area contributed by atoms with E-state index in [0.717, 1.165) is 6.04 Å². The molecule has 1 N–H and O–H groups in total. The summed E-state index contributed by atoms with van der Waals surface area (Å²) in [5, 5.41) is 3.64. The van der Waals surface area contributed by atoms with E-state index < -0.39 is 0 Å². The third kappa shape index (κ3) is 5.64. The van der Waals surface area contributed by atoms with Crippen LogP contribution in [0.1, 0.15) is 66.7 Å². The number of hydrogen-bond donors (Lipinski definition) is 1. The van der Waals surface area contributed by atoms with Crippen LogP contribution in [0.2, 0.25) is 0 Å². The highest BCUT2D eigenvalue weighted by Gasteiger charge is 2.24. The van der Waals surface area contributed by atoms with Crippen molar-refractivity contribution in [3.8, 4) is 0 Å². The van der Waals surface area contributed by atoms with Crippen LogP contribution in [0.5, 0.6) is 0 Å². The molecule has 0 amide bonds. The van der Waals surface area contributed by atoms with Gasteiger partial charge in [-0.25, -0.2) is 0 Å². The smallest absolute Gasteiger partial charge is 0.00720 e. The molecule has 1 heterocycles. The van der Waals surface area contributed by atoms with Crippen LogP contribution in [0.3, 0.4) is 0 Å². The third-order valence-corrected chi connectivity index (χ3v) is 2.90. The highest BCUT2D eigenvalue weighted by molar-refractivity contribution is 4.81. The van der Waals surface area contributed by atoms with Gasteiger partial charge in [0.25, 0.3) is 0 Å². The van der Waals surface area contributed by atoms with Crippen LogP contribution in [0.4, 0.5) is 0 Å². The summed E-state index contributed by atoms with van der Waals surface area (Å²) in [6.07, 6.45) is 6.77. The van der Waals surface area contributed by atoms with Gasteiger partial charge in [-0.1, -0.05) is 41.0 Å². The van der Waals surface area contributed by atoms with E-state index in [0.29, 0.717) is 5.41 Å². The molecule has 1 aliphatic heterocycles. The van der Waals surface area contributed by atoms with E-state index in [1.54, 1.807) is 0 Å². The SMILES string of the molecule is CC.CCCC1CC(C)(C)CCCN1. The molecule has 1 aliphatic rings. The van der Waals surface area contributed by atoms with Gasteiger partial charge in [0.2, 0.25) is 0 Å². The number of hydrogen-bond acceptors (Lipinski definition) is 1. The molecule has 0 aromatic heterocycles. The number of rotatable bonds is 2. The Bertz CT molecular complexity index is 129. The lowest BCUT2D eigenvalue weighted by molar-refractivity contribution is 0.284. The standard InChI is InChI=1S/C11H23N.C2H6/c1-4-6-10-9-11(2,3)7-5-8-12-10;1-2/h10,12H,4-9H2,1-3H3;1-2H3. The lowest BCUT2D eigenvalue weighted by Gasteiger charge is -2.26. The Morgan fingerprint density at radius 1 is 1.29 bits per heavy atom. The van der Waals surface area contributed by atoms with E-state index in [-0.39, 0.29) is 0 Å². The van der Waals surface area contributed by atoms with Crippen molar-refractivity contribution in [3.05, 3.63) is 0 Å². The fraction of sp³-hybridized carbons (Fsp3) is 1.00. The van der Waals surface area contributed by atoms with Gasteiger partial charge < -0.3 is 5.32 Å². The second-order valence-electron chi connectivity index (χ2n) is 4.91. The van der Waals surface area contributed by atoms with E-state index in [4.69, 9.17) is 0 Å². The summed E-state index contributed by atoms with van der Waals surface area (Å²) in [6, 6.07) is 0.785. The molecule has 86 valence electrons. The van der Waals surface area contributed by atoms with Crippen LogP contribution in [0.15, 0.2) is 0 Å². The van der Waals surface area contributed by atoms with Crippen LogP contribution in [-0.2, 0) is 0 Å². The monoisotopic (exact) mass is 199 g/mol. The Morgan fingerprint density at radius 3 is 2.50 bits per heavy atom. The maximum Gasteiger partial charge on any atom is 0.00720 e. The van der Waals surface area contributed by atoms with E-state index in [9.17, 15) is 0 Å². The molecule has 0 radical (unpaired) electrons. The van der Waals surface area contributed by atoms with Gasteiger partial charge in [0.15, 0.2) is 0 Å². The number of nitrogens with one attached hydrogen (secondary N) is 1. The molecule has 1 fully saturated rings. The average Bonchev–Trinajstić information content (AvgIpc) is 2.30. The van der Waals surface area contributed by atoms with Gasteiger partial charge in [-0.2, -0.15) is 0 Å². The molecule has 1 saturated heterocycles. The molecule has 0 aromatic rings. The molecule has 1 rings (SSSR count). The Balaban J connectivity index is 0.000000791. The van der Waals surface area contributed by atoms with Crippen LogP contribution < -0.4 is 5.32 Å². The zero-order valence-electron chi connectivity index (χ0n) is 10.8. The highest BCUT2D eigenvalue weighted by Crippen LogP contribution is 2.31. The van der Waals surface area contributed by atoms with Crippen LogP contribution >= 0.6 is 0 Å². The fourth-order valence-electron chi connectivity index (χ4n) is 2.27. The summed E-state index contributed by atoms with van der Waals surface area (Å²) in [4.78, 5) is 0. The van der Waals surface area contributed by atoms with Gasteiger partial charge in [0, 0.05) is 6.04 Å². The van der Waals surface area contributed by atoms with E-state index in [1.165, 1.54) is 38.6 Å². The zero-order valence-corrected chi connectivity index (χ0v) is 10.8. The minimum atomic E-state index is 0.573. The molecular weight excluding hydrogens is 170 g/mol. The molecule has 1 atom stereocenters. The molecule has 1 unspecified atom stereocenters. The zero-order chi connectivity index (χ0) is 11.0. The summed E-state index contributed by atoms with van der Waals surface area (Å²) < 4.78 is 0. The first kappa shape index (κ1) is 14.0. The topological polar surface area (TPSA) is 12.0 Å². The van der Waals surface area contributed by atoms with Crippen molar-refractivity contribution in [1.82, 2.24) is 5.32 Å². The second kappa shape index (κ2) is 7.28. The first-order chi connectivity index (χ1) is 6.64. The Kier molecular flexibility index (Phi) is 7.26. The summed E-state index contributed by atoms with van der Waals surface area (Å²) in [5.74, 6) is 0. The van der Waals surface area contributed by atoms with E-state index in [2.05, 4.69) is 26.1 Å². The largest absolute Gasteiger partial charge is 0.314 e. The Morgan fingerprint density at radius 2 is 1.93 bits per heavy atom. The minimum Gasteiger partial charge on any atom is -0.314 e. The van der Waals surface area contributed by atoms with Crippen LogP contribution in [0.25, 0.3) is 0 Å².